The number of nitrogens with two attached hydrogens (primary N) is 1. The molecule has 0 spiro atoms. The fourth-order valence-electron chi connectivity index (χ4n) is 1.91. The van der Waals surface area contributed by atoms with E-state index in [0.29, 0.717) is 18.9 Å². The molecule has 0 aliphatic heterocycles. The van der Waals surface area contributed by atoms with E-state index in [1.54, 1.807) is 12.1 Å². The van der Waals surface area contributed by atoms with Crippen LogP contribution in [0.4, 0.5) is 0 Å². The average Bonchev–Trinajstić information content (AvgIpc) is 2.37. The first kappa shape index (κ1) is 18.7. The molecule has 0 heterocycles. The third-order valence-electron chi connectivity index (χ3n) is 3.03. The van der Waals surface area contributed by atoms with Gasteiger partial charge in [-0.15, -0.1) is 12.4 Å². The van der Waals surface area contributed by atoms with Crippen LogP contribution in [0.25, 0.3) is 0 Å². The highest BCUT2D eigenvalue weighted by atomic mass is 35.5. The SMILES string of the molecule is CCc1cc(O)ccc1C[C@H](N)C(=O)NCC(C)C.Cl. The molecular formula is C15H25ClN2O2. The van der Waals surface area contributed by atoms with Crippen molar-refractivity contribution in [3.8, 4) is 5.75 Å². The summed E-state index contributed by atoms with van der Waals surface area (Å²) in [5.41, 5.74) is 7.98. The van der Waals surface area contributed by atoms with Gasteiger partial charge in [0.2, 0.25) is 5.91 Å². The van der Waals surface area contributed by atoms with Gasteiger partial charge in [-0.05, 0) is 42.0 Å². The van der Waals surface area contributed by atoms with E-state index in [-0.39, 0.29) is 24.1 Å². The first-order valence-corrected chi connectivity index (χ1v) is 6.78. The van der Waals surface area contributed by atoms with Crippen LogP contribution in [-0.2, 0) is 17.6 Å². The molecule has 0 radical (unpaired) electrons. The number of hydrogen-bond acceptors (Lipinski definition) is 3. The van der Waals surface area contributed by atoms with Crippen LogP contribution in [0.5, 0.6) is 5.75 Å². The monoisotopic (exact) mass is 300 g/mol. The van der Waals surface area contributed by atoms with Crippen molar-refractivity contribution >= 4 is 18.3 Å². The number of phenols is 1. The normalized spacial score (nSPS) is 11.8. The Balaban J connectivity index is 0.00000361. The lowest BCUT2D eigenvalue weighted by molar-refractivity contribution is -0.122. The number of phenolic OH excluding ortho intramolecular Hbond substituents is 1. The summed E-state index contributed by atoms with van der Waals surface area (Å²) in [6.45, 7) is 6.74. The molecule has 0 unspecified atom stereocenters. The fraction of sp³-hybridized carbons (Fsp3) is 0.533. The summed E-state index contributed by atoms with van der Waals surface area (Å²) >= 11 is 0. The number of benzene rings is 1. The molecule has 0 saturated carbocycles. The van der Waals surface area contributed by atoms with Gasteiger partial charge in [0, 0.05) is 6.54 Å². The van der Waals surface area contributed by atoms with Gasteiger partial charge in [-0.2, -0.15) is 0 Å². The summed E-state index contributed by atoms with van der Waals surface area (Å²) in [6, 6.07) is 4.65. The van der Waals surface area contributed by atoms with Gasteiger partial charge in [0.15, 0.2) is 0 Å². The second-order valence-corrected chi connectivity index (χ2v) is 5.26. The van der Waals surface area contributed by atoms with Crippen LogP contribution in [0, 0.1) is 5.92 Å². The Kier molecular flexibility index (Phi) is 8.26. The van der Waals surface area contributed by atoms with E-state index < -0.39 is 6.04 Å². The smallest absolute Gasteiger partial charge is 0.237 e. The maximum absolute atomic E-state index is 11.8. The second kappa shape index (κ2) is 8.82. The highest BCUT2D eigenvalue weighted by molar-refractivity contribution is 5.85. The molecular weight excluding hydrogens is 276 g/mol. The van der Waals surface area contributed by atoms with E-state index in [0.717, 1.165) is 17.5 Å². The number of rotatable bonds is 6. The Morgan fingerprint density at radius 3 is 2.55 bits per heavy atom. The van der Waals surface area contributed by atoms with Crippen LogP contribution in [0.3, 0.4) is 0 Å². The van der Waals surface area contributed by atoms with E-state index in [1.807, 2.05) is 26.8 Å². The second-order valence-electron chi connectivity index (χ2n) is 5.26. The van der Waals surface area contributed by atoms with E-state index in [2.05, 4.69) is 5.32 Å². The van der Waals surface area contributed by atoms with Crippen molar-refractivity contribution in [2.75, 3.05) is 6.54 Å². The highest BCUT2D eigenvalue weighted by Crippen LogP contribution is 2.18. The quantitative estimate of drug-likeness (QED) is 0.752. The van der Waals surface area contributed by atoms with Gasteiger partial charge in [-0.3, -0.25) is 4.79 Å². The maximum Gasteiger partial charge on any atom is 0.237 e. The van der Waals surface area contributed by atoms with E-state index >= 15 is 0 Å². The summed E-state index contributed by atoms with van der Waals surface area (Å²) in [5.74, 6) is 0.540. The third-order valence-corrected chi connectivity index (χ3v) is 3.03. The number of aryl methyl sites for hydroxylation is 1. The van der Waals surface area contributed by atoms with Crippen molar-refractivity contribution in [3.63, 3.8) is 0 Å². The van der Waals surface area contributed by atoms with Crippen LogP contribution in [0.2, 0.25) is 0 Å². The summed E-state index contributed by atoms with van der Waals surface area (Å²) in [4.78, 5) is 11.8. The van der Waals surface area contributed by atoms with Crippen LogP contribution >= 0.6 is 12.4 Å². The molecule has 4 nitrogen and oxygen atoms in total. The molecule has 0 fully saturated rings. The molecule has 0 aliphatic rings. The Morgan fingerprint density at radius 1 is 1.35 bits per heavy atom. The van der Waals surface area contributed by atoms with Crippen molar-refractivity contribution in [2.45, 2.75) is 39.7 Å². The Labute approximate surface area is 127 Å². The number of carbonyl (C=O) groups is 1. The standard InChI is InChI=1S/C15H24N2O2.ClH/c1-4-11-7-13(18)6-5-12(11)8-14(16)15(19)17-9-10(2)3;/h5-7,10,14,18H,4,8-9,16H2,1-3H3,(H,17,19);1H/t14-;/m0./s1. The topological polar surface area (TPSA) is 75.3 Å². The summed E-state index contributed by atoms with van der Waals surface area (Å²) < 4.78 is 0. The molecule has 1 rings (SSSR count). The maximum atomic E-state index is 11.8. The summed E-state index contributed by atoms with van der Waals surface area (Å²) in [7, 11) is 0. The van der Waals surface area contributed by atoms with Gasteiger partial charge in [-0.1, -0.05) is 26.8 Å². The minimum absolute atomic E-state index is 0. The van der Waals surface area contributed by atoms with Crippen LogP contribution in [0.15, 0.2) is 18.2 Å². The van der Waals surface area contributed by atoms with E-state index in [4.69, 9.17) is 5.73 Å². The van der Waals surface area contributed by atoms with Crippen molar-refractivity contribution < 1.29 is 9.90 Å². The Hall–Kier alpha value is -1.26. The predicted octanol–water partition coefficient (Wildman–Crippen LogP) is 2.02. The first-order chi connectivity index (χ1) is 8.93. The molecule has 5 heteroatoms. The Bertz CT molecular complexity index is 436. The molecule has 1 amide bonds. The zero-order valence-electron chi connectivity index (χ0n) is 12.3. The van der Waals surface area contributed by atoms with Gasteiger partial charge in [0.05, 0.1) is 6.04 Å². The number of hydrogen-bond donors (Lipinski definition) is 3. The number of carbonyl (C=O) groups excluding carboxylic acids is 1. The molecule has 0 aliphatic carbocycles. The average molecular weight is 301 g/mol. The largest absolute Gasteiger partial charge is 0.508 e. The first-order valence-electron chi connectivity index (χ1n) is 6.78. The molecule has 1 atom stereocenters. The van der Waals surface area contributed by atoms with Gasteiger partial charge in [0.1, 0.15) is 5.75 Å². The minimum Gasteiger partial charge on any atom is -0.508 e. The lowest BCUT2D eigenvalue weighted by atomic mass is 9.98. The van der Waals surface area contributed by atoms with E-state index in [9.17, 15) is 9.90 Å². The van der Waals surface area contributed by atoms with Crippen LogP contribution in [0.1, 0.15) is 31.9 Å². The van der Waals surface area contributed by atoms with Gasteiger partial charge >= 0.3 is 0 Å². The minimum atomic E-state index is -0.548. The molecule has 20 heavy (non-hydrogen) atoms. The molecule has 114 valence electrons. The van der Waals surface area contributed by atoms with Crippen LogP contribution < -0.4 is 11.1 Å². The van der Waals surface area contributed by atoms with Crippen molar-refractivity contribution in [2.24, 2.45) is 11.7 Å². The highest BCUT2D eigenvalue weighted by Gasteiger charge is 2.15. The molecule has 1 aromatic rings. The lowest BCUT2D eigenvalue weighted by Crippen LogP contribution is -2.43. The van der Waals surface area contributed by atoms with Gasteiger partial charge in [0.25, 0.3) is 0 Å². The van der Waals surface area contributed by atoms with Crippen molar-refractivity contribution in [1.82, 2.24) is 5.32 Å². The number of halogens is 1. The molecule has 4 N–H and O–H groups in total. The van der Waals surface area contributed by atoms with Gasteiger partial charge in [-0.25, -0.2) is 0 Å². The lowest BCUT2D eigenvalue weighted by Gasteiger charge is -2.15. The summed E-state index contributed by atoms with van der Waals surface area (Å²) in [5, 5.41) is 12.3. The third kappa shape index (κ3) is 5.80. The van der Waals surface area contributed by atoms with Crippen molar-refractivity contribution in [3.05, 3.63) is 29.3 Å². The number of amides is 1. The molecule has 0 saturated heterocycles. The fourth-order valence-corrected chi connectivity index (χ4v) is 1.91. The summed E-state index contributed by atoms with van der Waals surface area (Å²) in [6.07, 6.45) is 1.30. The molecule has 1 aromatic carbocycles. The molecule has 0 bridgehead atoms. The van der Waals surface area contributed by atoms with Gasteiger partial charge < -0.3 is 16.2 Å². The number of nitrogens with one attached hydrogen (secondary N) is 1. The van der Waals surface area contributed by atoms with Crippen LogP contribution in [-0.4, -0.2) is 23.6 Å². The predicted molar refractivity (Wildman–Crippen MR) is 84.3 cm³/mol. The zero-order chi connectivity index (χ0) is 14.4. The molecule has 0 aromatic heterocycles. The zero-order valence-corrected chi connectivity index (χ0v) is 13.2. The number of aromatic hydroxyl groups is 1. The van der Waals surface area contributed by atoms with E-state index in [1.165, 1.54) is 0 Å². The Morgan fingerprint density at radius 2 is 2.00 bits per heavy atom. The van der Waals surface area contributed by atoms with Crippen molar-refractivity contribution in [1.29, 1.82) is 0 Å².